The molecule has 3 nitrogen and oxygen atoms in total. The Hall–Kier alpha value is -5.41. The van der Waals surface area contributed by atoms with Gasteiger partial charge in [-0.15, -0.1) is 0 Å². The molecular weight excluding hydrogens is 486 g/mol. The zero-order chi connectivity index (χ0) is 26.2. The van der Waals surface area contributed by atoms with Crippen LogP contribution in [0.5, 0.6) is 0 Å². The number of nitrogens with zero attached hydrogens (tertiary/aromatic N) is 3. The van der Waals surface area contributed by atoms with Crippen LogP contribution in [-0.2, 0) is 0 Å². The summed E-state index contributed by atoms with van der Waals surface area (Å²) in [6.45, 7) is 0. The van der Waals surface area contributed by atoms with Crippen LogP contribution in [0.25, 0.3) is 76.8 Å². The topological polar surface area (TPSA) is 22.8 Å². The van der Waals surface area contributed by atoms with E-state index in [2.05, 4.69) is 149 Å². The van der Waals surface area contributed by atoms with E-state index in [-0.39, 0.29) is 0 Å². The Kier molecular flexibility index (Phi) is 4.33. The van der Waals surface area contributed by atoms with Gasteiger partial charge in [-0.3, -0.25) is 9.13 Å². The molecule has 3 heterocycles. The molecule has 0 atom stereocenters. The summed E-state index contributed by atoms with van der Waals surface area (Å²) < 4.78 is 4.64. The highest BCUT2D eigenvalue weighted by Gasteiger charge is 2.19. The SMILES string of the molecule is c1ccc2cc(-n3c4ccccc4c4cc5c6ccccc6n(-c6ccc7ccccc7c6)c5nc43)ccc2c1. The van der Waals surface area contributed by atoms with Crippen molar-refractivity contribution in [1.29, 1.82) is 0 Å². The summed E-state index contributed by atoms with van der Waals surface area (Å²) in [6, 6.07) is 50.1. The summed E-state index contributed by atoms with van der Waals surface area (Å²) in [4.78, 5) is 5.49. The third-order valence-corrected chi connectivity index (χ3v) is 8.26. The fraction of sp³-hybridized carbons (Fsp3) is 0. The van der Waals surface area contributed by atoms with E-state index < -0.39 is 0 Å². The third kappa shape index (κ3) is 2.97. The first-order valence-corrected chi connectivity index (χ1v) is 13.7. The van der Waals surface area contributed by atoms with Crippen LogP contribution in [0.2, 0.25) is 0 Å². The maximum Gasteiger partial charge on any atom is 0.148 e. The van der Waals surface area contributed by atoms with Crippen LogP contribution >= 0.6 is 0 Å². The lowest BCUT2D eigenvalue weighted by molar-refractivity contribution is 1.11. The van der Waals surface area contributed by atoms with Gasteiger partial charge in [0.05, 0.1) is 11.0 Å². The normalized spacial score (nSPS) is 12.0. The Balaban J connectivity index is 1.43. The lowest BCUT2D eigenvalue weighted by Crippen LogP contribution is -1.99. The highest BCUT2D eigenvalue weighted by Crippen LogP contribution is 2.38. The van der Waals surface area contributed by atoms with Gasteiger partial charge in [-0.05, 0) is 64.0 Å². The molecule has 0 bridgehead atoms. The minimum Gasteiger partial charge on any atom is -0.294 e. The van der Waals surface area contributed by atoms with E-state index in [1.54, 1.807) is 0 Å². The van der Waals surface area contributed by atoms with Gasteiger partial charge in [0.1, 0.15) is 11.3 Å². The van der Waals surface area contributed by atoms with Gasteiger partial charge in [-0.2, -0.15) is 0 Å². The summed E-state index contributed by atoms with van der Waals surface area (Å²) in [5.41, 5.74) is 6.49. The van der Waals surface area contributed by atoms with Crippen LogP contribution in [0.4, 0.5) is 0 Å². The molecule has 9 rings (SSSR count). The van der Waals surface area contributed by atoms with Crippen LogP contribution < -0.4 is 0 Å². The van der Waals surface area contributed by atoms with Gasteiger partial charge in [0, 0.05) is 32.9 Å². The van der Waals surface area contributed by atoms with Crippen molar-refractivity contribution in [2.75, 3.05) is 0 Å². The summed E-state index contributed by atoms with van der Waals surface area (Å²) >= 11 is 0. The zero-order valence-corrected chi connectivity index (χ0v) is 21.6. The molecule has 0 fully saturated rings. The fourth-order valence-electron chi connectivity index (χ4n) is 6.41. The van der Waals surface area contributed by atoms with Crippen molar-refractivity contribution in [3.8, 4) is 11.4 Å². The van der Waals surface area contributed by atoms with Crippen LogP contribution in [0.1, 0.15) is 0 Å². The van der Waals surface area contributed by atoms with Gasteiger partial charge in [-0.25, -0.2) is 4.98 Å². The molecule has 0 aliphatic rings. The Bertz CT molecular complexity index is 2270. The van der Waals surface area contributed by atoms with Crippen molar-refractivity contribution in [3.05, 3.63) is 140 Å². The van der Waals surface area contributed by atoms with Gasteiger partial charge >= 0.3 is 0 Å². The predicted octanol–water partition coefficient (Wildman–Crippen LogP) is 9.58. The second-order valence-electron chi connectivity index (χ2n) is 10.5. The maximum atomic E-state index is 5.49. The monoisotopic (exact) mass is 509 g/mol. The standard InChI is InChI=1S/C37H23N3/c1-3-11-26-21-28(19-17-24(26)9-1)39-34-15-7-5-13-30(34)32-23-33-31-14-6-8-16-35(31)40(37(33)38-36(32)39)29-20-18-25-10-2-4-12-27(25)22-29/h1-23H. The molecule has 0 amide bonds. The average molecular weight is 510 g/mol. The van der Waals surface area contributed by atoms with Crippen molar-refractivity contribution < 1.29 is 0 Å². The van der Waals surface area contributed by atoms with Crippen LogP contribution in [0.3, 0.4) is 0 Å². The maximum absolute atomic E-state index is 5.49. The zero-order valence-electron chi connectivity index (χ0n) is 21.6. The second kappa shape index (κ2) is 8.05. The van der Waals surface area contributed by atoms with Crippen molar-refractivity contribution in [2.45, 2.75) is 0 Å². The van der Waals surface area contributed by atoms with Gasteiger partial charge in [0.15, 0.2) is 0 Å². The Morgan fingerprint density at radius 2 is 0.775 bits per heavy atom. The van der Waals surface area contributed by atoms with E-state index in [1.165, 1.54) is 32.3 Å². The molecule has 0 radical (unpaired) electrons. The van der Waals surface area contributed by atoms with Crippen LogP contribution in [0.15, 0.2) is 140 Å². The molecule has 0 aliphatic heterocycles. The highest BCUT2D eigenvalue weighted by atomic mass is 15.1. The molecule has 6 aromatic carbocycles. The molecule has 0 unspecified atom stereocenters. The minimum absolute atomic E-state index is 0.967. The lowest BCUT2D eigenvalue weighted by atomic mass is 10.1. The molecule has 186 valence electrons. The van der Waals surface area contributed by atoms with E-state index in [4.69, 9.17) is 4.98 Å². The number of rotatable bonds is 2. The number of aromatic nitrogens is 3. The summed E-state index contributed by atoms with van der Waals surface area (Å²) in [6.07, 6.45) is 0. The molecule has 0 N–H and O–H groups in total. The van der Waals surface area contributed by atoms with E-state index in [9.17, 15) is 0 Å². The number of para-hydroxylation sites is 2. The van der Waals surface area contributed by atoms with Crippen LogP contribution in [0, 0.1) is 0 Å². The van der Waals surface area contributed by atoms with Gasteiger partial charge in [0.2, 0.25) is 0 Å². The van der Waals surface area contributed by atoms with Gasteiger partial charge in [-0.1, -0.05) is 97.1 Å². The fourth-order valence-corrected chi connectivity index (χ4v) is 6.41. The summed E-state index contributed by atoms with van der Waals surface area (Å²) in [5.74, 6) is 0. The summed E-state index contributed by atoms with van der Waals surface area (Å²) in [7, 11) is 0. The molecule has 9 aromatic rings. The number of benzene rings is 6. The van der Waals surface area contributed by atoms with E-state index in [1.807, 2.05) is 0 Å². The number of hydrogen-bond acceptors (Lipinski definition) is 1. The highest BCUT2D eigenvalue weighted by molar-refractivity contribution is 6.16. The first-order chi connectivity index (χ1) is 19.8. The largest absolute Gasteiger partial charge is 0.294 e. The minimum atomic E-state index is 0.967. The molecule has 0 spiro atoms. The lowest BCUT2D eigenvalue weighted by Gasteiger charge is -2.11. The quantitative estimate of drug-likeness (QED) is 0.227. The second-order valence-corrected chi connectivity index (χ2v) is 10.5. The number of hydrogen-bond donors (Lipinski definition) is 0. The molecular formula is C37H23N3. The number of fused-ring (bicyclic) bond motifs is 8. The summed E-state index contributed by atoms with van der Waals surface area (Å²) in [5, 5.41) is 9.66. The molecule has 0 aliphatic carbocycles. The van der Waals surface area contributed by atoms with E-state index in [0.29, 0.717) is 0 Å². The van der Waals surface area contributed by atoms with Crippen molar-refractivity contribution in [1.82, 2.24) is 14.1 Å². The molecule has 3 aromatic heterocycles. The molecule has 40 heavy (non-hydrogen) atoms. The van der Waals surface area contributed by atoms with Crippen LogP contribution in [-0.4, -0.2) is 14.1 Å². The smallest absolute Gasteiger partial charge is 0.148 e. The van der Waals surface area contributed by atoms with Crippen molar-refractivity contribution >= 4 is 65.4 Å². The molecule has 3 heteroatoms. The van der Waals surface area contributed by atoms with Crippen molar-refractivity contribution in [3.63, 3.8) is 0 Å². The first-order valence-electron chi connectivity index (χ1n) is 13.7. The molecule has 0 saturated heterocycles. The first kappa shape index (κ1) is 21.5. The van der Waals surface area contributed by atoms with E-state index in [0.717, 1.165) is 44.5 Å². The Morgan fingerprint density at radius 3 is 1.27 bits per heavy atom. The number of pyridine rings is 1. The molecule has 0 saturated carbocycles. The predicted molar refractivity (Wildman–Crippen MR) is 168 cm³/mol. The Labute approximate surface area is 230 Å². The van der Waals surface area contributed by atoms with Crippen molar-refractivity contribution in [2.24, 2.45) is 0 Å². The Morgan fingerprint density at radius 1 is 0.350 bits per heavy atom. The van der Waals surface area contributed by atoms with Gasteiger partial charge < -0.3 is 0 Å². The average Bonchev–Trinajstić information content (AvgIpc) is 3.51. The third-order valence-electron chi connectivity index (χ3n) is 8.26. The van der Waals surface area contributed by atoms with Gasteiger partial charge in [0.25, 0.3) is 0 Å². The van der Waals surface area contributed by atoms with E-state index >= 15 is 0 Å².